The molecule has 0 bridgehead atoms. The highest BCUT2D eigenvalue weighted by Gasteiger charge is 2.05. The number of nitrogens with zero attached hydrogens (tertiary/aromatic N) is 1. The SMILES string of the molecule is Cc1nc(/C=C/C(=O)Nc2ccc(O)cc2F)cs1. The zero-order valence-electron chi connectivity index (χ0n) is 10.1. The fourth-order valence-corrected chi connectivity index (χ4v) is 1.98. The normalized spacial score (nSPS) is 10.8. The minimum Gasteiger partial charge on any atom is -0.508 e. The first-order valence-corrected chi connectivity index (χ1v) is 6.32. The fraction of sp³-hybridized carbons (Fsp3) is 0.0769. The van der Waals surface area contributed by atoms with Gasteiger partial charge in [-0.2, -0.15) is 0 Å². The van der Waals surface area contributed by atoms with E-state index in [4.69, 9.17) is 5.11 Å². The molecule has 0 spiro atoms. The van der Waals surface area contributed by atoms with Crippen molar-refractivity contribution < 1.29 is 14.3 Å². The summed E-state index contributed by atoms with van der Waals surface area (Å²) in [6, 6.07) is 3.53. The Labute approximate surface area is 113 Å². The van der Waals surface area contributed by atoms with Crippen LogP contribution in [0.2, 0.25) is 0 Å². The summed E-state index contributed by atoms with van der Waals surface area (Å²) < 4.78 is 13.4. The summed E-state index contributed by atoms with van der Waals surface area (Å²) >= 11 is 1.48. The number of aromatic hydroxyl groups is 1. The number of hydrogen-bond donors (Lipinski definition) is 2. The lowest BCUT2D eigenvalue weighted by Gasteiger charge is -2.03. The van der Waals surface area contributed by atoms with Crippen molar-refractivity contribution in [1.82, 2.24) is 4.98 Å². The maximum Gasteiger partial charge on any atom is 0.248 e. The maximum absolute atomic E-state index is 13.4. The lowest BCUT2D eigenvalue weighted by molar-refractivity contribution is -0.111. The molecule has 1 heterocycles. The molecule has 0 atom stereocenters. The molecular weight excluding hydrogens is 267 g/mol. The molecule has 0 unspecified atom stereocenters. The van der Waals surface area contributed by atoms with Crippen molar-refractivity contribution in [3.05, 3.63) is 46.2 Å². The molecule has 0 saturated carbocycles. The average molecular weight is 278 g/mol. The van der Waals surface area contributed by atoms with Gasteiger partial charge in [0.2, 0.25) is 5.91 Å². The summed E-state index contributed by atoms with van der Waals surface area (Å²) in [7, 11) is 0. The van der Waals surface area contributed by atoms with Gasteiger partial charge in [0, 0.05) is 17.5 Å². The van der Waals surface area contributed by atoms with Gasteiger partial charge in [-0.05, 0) is 25.1 Å². The standard InChI is InChI=1S/C13H11FN2O2S/c1-8-15-9(7-19-8)2-5-13(18)16-12-4-3-10(17)6-11(12)14/h2-7,17H,1H3,(H,16,18)/b5-2+. The Hall–Kier alpha value is -2.21. The molecule has 2 aromatic rings. The van der Waals surface area contributed by atoms with E-state index in [9.17, 15) is 9.18 Å². The molecule has 1 aromatic heterocycles. The van der Waals surface area contributed by atoms with E-state index in [1.165, 1.54) is 29.5 Å². The van der Waals surface area contributed by atoms with Crippen molar-refractivity contribution in [2.45, 2.75) is 6.92 Å². The summed E-state index contributed by atoms with van der Waals surface area (Å²) in [4.78, 5) is 15.7. The molecule has 0 aliphatic carbocycles. The van der Waals surface area contributed by atoms with Gasteiger partial charge in [-0.1, -0.05) is 0 Å². The van der Waals surface area contributed by atoms with E-state index in [-0.39, 0.29) is 11.4 Å². The number of phenolic OH excluding ortho intramolecular Hbond substituents is 1. The number of amides is 1. The Morgan fingerprint density at radius 1 is 1.53 bits per heavy atom. The third-order valence-electron chi connectivity index (χ3n) is 2.25. The van der Waals surface area contributed by atoms with Crippen molar-refractivity contribution in [2.24, 2.45) is 0 Å². The van der Waals surface area contributed by atoms with Gasteiger partial charge in [-0.15, -0.1) is 11.3 Å². The average Bonchev–Trinajstić information content (AvgIpc) is 2.76. The molecule has 4 nitrogen and oxygen atoms in total. The highest BCUT2D eigenvalue weighted by Crippen LogP contribution is 2.19. The van der Waals surface area contributed by atoms with Gasteiger partial charge in [0.25, 0.3) is 0 Å². The second-order valence-electron chi connectivity index (χ2n) is 3.78. The first-order valence-electron chi connectivity index (χ1n) is 5.44. The van der Waals surface area contributed by atoms with E-state index in [0.29, 0.717) is 5.69 Å². The lowest BCUT2D eigenvalue weighted by atomic mass is 10.3. The Morgan fingerprint density at radius 2 is 2.32 bits per heavy atom. The van der Waals surface area contributed by atoms with E-state index < -0.39 is 11.7 Å². The number of halogens is 1. The Kier molecular flexibility index (Phi) is 3.91. The number of thiazole rings is 1. The van der Waals surface area contributed by atoms with Gasteiger partial charge in [-0.25, -0.2) is 9.37 Å². The monoisotopic (exact) mass is 278 g/mol. The van der Waals surface area contributed by atoms with Crippen LogP contribution in [0.4, 0.5) is 10.1 Å². The number of rotatable bonds is 3. The number of phenols is 1. The predicted octanol–water partition coefficient (Wildman–Crippen LogP) is 2.95. The quantitative estimate of drug-likeness (QED) is 0.670. The van der Waals surface area contributed by atoms with Gasteiger partial charge in [0.1, 0.15) is 11.6 Å². The van der Waals surface area contributed by atoms with Crippen LogP contribution < -0.4 is 5.32 Å². The van der Waals surface area contributed by atoms with Gasteiger partial charge >= 0.3 is 0 Å². The van der Waals surface area contributed by atoms with Crippen molar-refractivity contribution >= 4 is 29.0 Å². The van der Waals surface area contributed by atoms with Crippen LogP contribution in [-0.2, 0) is 4.79 Å². The topological polar surface area (TPSA) is 62.2 Å². The van der Waals surface area contributed by atoms with Crippen molar-refractivity contribution in [1.29, 1.82) is 0 Å². The van der Waals surface area contributed by atoms with E-state index in [1.807, 2.05) is 12.3 Å². The van der Waals surface area contributed by atoms with Crippen LogP contribution in [-0.4, -0.2) is 16.0 Å². The number of aryl methyl sites for hydroxylation is 1. The van der Waals surface area contributed by atoms with Crippen LogP contribution in [0.5, 0.6) is 5.75 Å². The van der Waals surface area contributed by atoms with Gasteiger partial charge in [-0.3, -0.25) is 4.79 Å². The number of hydrogen-bond acceptors (Lipinski definition) is 4. The lowest BCUT2D eigenvalue weighted by Crippen LogP contribution is -2.09. The summed E-state index contributed by atoms with van der Waals surface area (Å²) in [5.74, 6) is -1.34. The summed E-state index contributed by atoms with van der Waals surface area (Å²) in [5, 5.41) is 14.2. The first kappa shape index (κ1) is 13.2. The molecule has 0 aliphatic heterocycles. The number of anilines is 1. The molecule has 0 radical (unpaired) electrons. The van der Waals surface area contributed by atoms with Gasteiger partial charge < -0.3 is 10.4 Å². The van der Waals surface area contributed by atoms with Crippen molar-refractivity contribution in [2.75, 3.05) is 5.32 Å². The maximum atomic E-state index is 13.4. The van der Waals surface area contributed by atoms with E-state index in [0.717, 1.165) is 11.1 Å². The van der Waals surface area contributed by atoms with Crippen LogP contribution in [0.15, 0.2) is 29.7 Å². The van der Waals surface area contributed by atoms with E-state index in [1.54, 1.807) is 6.08 Å². The van der Waals surface area contributed by atoms with Crippen molar-refractivity contribution in [3.8, 4) is 5.75 Å². The zero-order chi connectivity index (χ0) is 13.8. The van der Waals surface area contributed by atoms with E-state index >= 15 is 0 Å². The minimum absolute atomic E-state index is 0.0157. The molecule has 98 valence electrons. The van der Waals surface area contributed by atoms with Gasteiger partial charge in [0.15, 0.2) is 0 Å². The van der Waals surface area contributed by atoms with Crippen LogP contribution >= 0.6 is 11.3 Å². The highest BCUT2D eigenvalue weighted by molar-refractivity contribution is 7.09. The zero-order valence-corrected chi connectivity index (χ0v) is 10.9. The molecule has 0 fully saturated rings. The molecule has 1 aromatic carbocycles. The van der Waals surface area contributed by atoms with Crippen LogP contribution in [0.25, 0.3) is 6.08 Å². The smallest absolute Gasteiger partial charge is 0.248 e. The number of benzene rings is 1. The van der Waals surface area contributed by atoms with Crippen molar-refractivity contribution in [3.63, 3.8) is 0 Å². The second kappa shape index (κ2) is 5.62. The number of nitrogens with one attached hydrogen (secondary N) is 1. The Morgan fingerprint density at radius 3 is 2.95 bits per heavy atom. The molecule has 0 saturated heterocycles. The van der Waals surface area contributed by atoms with Gasteiger partial charge in [0.05, 0.1) is 16.4 Å². The largest absolute Gasteiger partial charge is 0.508 e. The third-order valence-corrected chi connectivity index (χ3v) is 3.04. The molecule has 0 aliphatic rings. The highest BCUT2D eigenvalue weighted by atomic mass is 32.1. The van der Waals surface area contributed by atoms with E-state index in [2.05, 4.69) is 10.3 Å². The molecule has 2 rings (SSSR count). The molecular formula is C13H11FN2O2S. The molecule has 1 amide bonds. The second-order valence-corrected chi connectivity index (χ2v) is 4.84. The molecule has 6 heteroatoms. The summed E-state index contributed by atoms with van der Waals surface area (Å²) in [6.07, 6.45) is 2.83. The summed E-state index contributed by atoms with van der Waals surface area (Å²) in [6.45, 7) is 1.87. The Balaban J connectivity index is 2.03. The number of carbonyl (C=O) groups is 1. The first-order chi connectivity index (χ1) is 9.04. The van der Waals surface area contributed by atoms with Crippen LogP contribution in [0.3, 0.4) is 0 Å². The number of carbonyl (C=O) groups excluding carboxylic acids is 1. The minimum atomic E-state index is -0.689. The summed E-state index contributed by atoms with van der Waals surface area (Å²) in [5.41, 5.74) is 0.700. The fourth-order valence-electron chi connectivity index (χ4n) is 1.40. The molecule has 19 heavy (non-hydrogen) atoms. The number of aromatic nitrogens is 1. The Bertz CT molecular complexity index is 637. The predicted molar refractivity (Wildman–Crippen MR) is 72.6 cm³/mol. The van der Waals surface area contributed by atoms with Crippen LogP contribution in [0, 0.1) is 12.7 Å². The third kappa shape index (κ3) is 3.62. The van der Waals surface area contributed by atoms with Crippen LogP contribution in [0.1, 0.15) is 10.7 Å². The molecule has 2 N–H and O–H groups in total.